The quantitative estimate of drug-likeness (QED) is 0.513. The smallest absolute Gasteiger partial charge is 0.225 e. The summed E-state index contributed by atoms with van der Waals surface area (Å²) in [4.78, 5) is 12.3. The zero-order valence-electron chi connectivity index (χ0n) is 7.17. The average molecular weight is 229 g/mol. The Labute approximate surface area is 89.9 Å². The van der Waals surface area contributed by atoms with Gasteiger partial charge in [-0.25, -0.2) is 9.97 Å². The summed E-state index contributed by atoms with van der Waals surface area (Å²) < 4.78 is 2.06. The van der Waals surface area contributed by atoms with Crippen LogP contribution in [0.1, 0.15) is 12.2 Å². The number of aromatic nitrogens is 4. The summed E-state index contributed by atoms with van der Waals surface area (Å²) in [7, 11) is 0. The van der Waals surface area contributed by atoms with Crippen molar-refractivity contribution in [1.29, 1.82) is 0 Å². The first-order chi connectivity index (χ1) is 6.75. The fourth-order valence-electron chi connectivity index (χ4n) is 1.84. The molecule has 2 aromatic heterocycles. The summed E-state index contributed by atoms with van der Waals surface area (Å²) in [5.41, 5.74) is 1.41. The molecule has 1 aliphatic heterocycles. The van der Waals surface area contributed by atoms with Crippen LogP contribution in [-0.4, -0.2) is 19.5 Å². The fourth-order valence-corrected chi connectivity index (χ4v) is 2.31. The molecule has 14 heavy (non-hydrogen) atoms. The first-order valence-corrected chi connectivity index (χ1v) is 5.09. The lowest BCUT2D eigenvalue weighted by molar-refractivity contribution is 0.770. The molecular weight excluding hydrogens is 223 g/mol. The Bertz CT molecular complexity index is 520. The van der Waals surface area contributed by atoms with Crippen molar-refractivity contribution in [3.63, 3.8) is 0 Å². The van der Waals surface area contributed by atoms with Crippen LogP contribution in [0, 0.1) is 0 Å². The molecule has 0 radical (unpaired) electrons. The predicted molar refractivity (Wildman–Crippen MR) is 53.7 cm³/mol. The standard InChI is InChI=1S/C8H6Cl2N4/c9-6-5-7(13-8(10)12-6)11-4-2-1-3-14(4)5/h1-3H2. The van der Waals surface area contributed by atoms with Gasteiger partial charge >= 0.3 is 0 Å². The van der Waals surface area contributed by atoms with E-state index < -0.39 is 0 Å². The Hall–Kier alpha value is -0.870. The maximum Gasteiger partial charge on any atom is 0.225 e. The van der Waals surface area contributed by atoms with Gasteiger partial charge < -0.3 is 4.57 Å². The zero-order chi connectivity index (χ0) is 9.71. The van der Waals surface area contributed by atoms with Gasteiger partial charge in [-0.2, -0.15) is 4.98 Å². The van der Waals surface area contributed by atoms with Crippen molar-refractivity contribution in [3.8, 4) is 0 Å². The Kier molecular flexibility index (Phi) is 1.69. The van der Waals surface area contributed by atoms with Crippen LogP contribution in [-0.2, 0) is 13.0 Å². The van der Waals surface area contributed by atoms with Gasteiger partial charge in [0, 0.05) is 13.0 Å². The van der Waals surface area contributed by atoms with Gasteiger partial charge in [0.15, 0.2) is 10.8 Å². The molecule has 0 saturated heterocycles. The Morgan fingerprint density at radius 3 is 2.86 bits per heavy atom. The molecule has 4 nitrogen and oxygen atoms in total. The zero-order valence-corrected chi connectivity index (χ0v) is 8.68. The molecule has 0 spiro atoms. The SMILES string of the molecule is Clc1nc(Cl)c2c(n1)nc1n2CCC1. The van der Waals surface area contributed by atoms with E-state index in [-0.39, 0.29) is 5.28 Å². The average Bonchev–Trinajstić information content (AvgIpc) is 2.60. The minimum atomic E-state index is 0.152. The molecule has 1 aliphatic rings. The topological polar surface area (TPSA) is 43.6 Å². The summed E-state index contributed by atoms with van der Waals surface area (Å²) in [5, 5.41) is 0.542. The number of hydrogen-bond acceptors (Lipinski definition) is 3. The normalized spacial score (nSPS) is 15.0. The second-order valence-electron chi connectivity index (χ2n) is 3.24. The van der Waals surface area contributed by atoms with Crippen molar-refractivity contribution in [2.75, 3.05) is 0 Å². The number of aryl methyl sites for hydroxylation is 2. The van der Waals surface area contributed by atoms with E-state index >= 15 is 0 Å². The third kappa shape index (κ3) is 1.04. The molecule has 0 N–H and O–H groups in total. The second kappa shape index (κ2) is 2.81. The van der Waals surface area contributed by atoms with Crippen molar-refractivity contribution in [1.82, 2.24) is 19.5 Å². The molecular formula is C8H6Cl2N4. The summed E-state index contributed by atoms with van der Waals surface area (Å²) in [6, 6.07) is 0. The van der Waals surface area contributed by atoms with Crippen LogP contribution in [0.5, 0.6) is 0 Å². The molecule has 0 amide bonds. The highest BCUT2D eigenvalue weighted by Gasteiger charge is 2.20. The van der Waals surface area contributed by atoms with Crippen LogP contribution >= 0.6 is 23.2 Å². The predicted octanol–water partition coefficient (Wildman–Crippen LogP) is 2.08. The molecule has 0 unspecified atom stereocenters. The van der Waals surface area contributed by atoms with E-state index in [4.69, 9.17) is 23.2 Å². The number of rotatable bonds is 0. The first kappa shape index (κ1) is 8.44. The van der Waals surface area contributed by atoms with Gasteiger partial charge in [0.25, 0.3) is 0 Å². The number of nitrogens with zero attached hydrogens (tertiary/aromatic N) is 4. The van der Waals surface area contributed by atoms with Gasteiger partial charge in [-0.05, 0) is 18.0 Å². The van der Waals surface area contributed by atoms with Crippen molar-refractivity contribution >= 4 is 34.4 Å². The third-order valence-corrected chi connectivity index (χ3v) is 2.83. The lowest BCUT2D eigenvalue weighted by Gasteiger charge is -1.99. The lowest BCUT2D eigenvalue weighted by Crippen LogP contribution is -1.94. The van der Waals surface area contributed by atoms with Gasteiger partial charge in [0.1, 0.15) is 11.3 Å². The van der Waals surface area contributed by atoms with E-state index in [1.165, 1.54) is 0 Å². The molecule has 6 heteroatoms. The van der Waals surface area contributed by atoms with Crippen LogP contribution in [0.25, 0.3) is 11.2 Å². The van der Waals surface area contributed by atoms with Crippen LogP contribution in [0.2, 0.25) is 10.4 Å². The minimum Gasteiger partial charge on any atom is -0.324 e. The second-order valence-corrected chi connectivity index (χ2v) is 3.93. The van der Waals surface area contributed by atoms with Gasteiger partial charge in [0.2, 0.25) is 5.28 Å². The van der Waals surface area contributed by atoms with E-state index in [1.807, 2.05) is 0 Å². The molecule has 0 saturated carbocycles. The lowest BCUT2D eigenvalue weighted by atomic mass is 10.4. The van der Waals surface area contributed by atoms with Crippen molar-refractivity contribution in [2.24, 2.45) is 0 Å². The third-order valence-electron chi connectivity index (χ3n) is 2.39. The number of hydrogen-bond donors (Lipinski definition) is 0. The van der Waals surface area contributed by atoms with E-state index in [9.17, 15) is 0 Å². The summed E-state index contributed by atoms with van der Waals surface area (Å²) >= 11 is 11.7. The van der Waals surface area contributed by atoms with Gasteiger partial charge in [-0.15, -0.1) is 0 Å². The largest absolute Gasteiger partial charge is 0.324 e. The van der Waals surface area contributed by atoms with Crippen LogP contribution < -0.4 is 0 Å². The van der Waals surface area contributed by atoms with E-state index in [1.54, 1.807) is 0 Å². The van der Waals surface area contributed by atoms with Crippen molar-refractivity contribution in [2.45, 2.75) is 19.4 Å². The van der Waals surface area contributed by atoms with Gasteiger partial charge in [-0.3, -0.25) is 0 Å². The van der Waals surface area contributed by atoms with Crippen molar-refractivity contribution in [3.05, 3.63) is 16.3 Å². The minimum absolute atomic E-state index is 0.152. The fraction of sp³-hybridized carbons (Fsp3) is 0.375. The summed E-state index contributed by atoms with van der Waals surface area (Å²) in [6.45, 7) is 0.941. The first-order valence-electron chi connectivity index (χ1n) is 4.34. The molecule has 0 aliphatic carbocycles. The molecule has 0 atom stereocenters. The van der Waals surface area contributed by atoms with Crippen LogP contribution in [0.3, 0.4) is 0 Å². The number of halogens is 2. The molecule has 2 aromatic rings. The Morgan fingerprint density at radius 2 is 2.00 bits per heavy atom. The monoisotopic (exact) mass is 228 g/mol. The Balaban J connectivity index is 2.43. The molecule has 3 rings (SSSR count). The molecule has 3 heterocycles. The van der Waals surface area contributed by atoms with Gasteiger partial charge in [0.05, 0.1) is 0 Å². The van der Waals surface area contributed by atoms with E-state index in [0.717, 1.165) is 30.7 Å². The van der Waals surface area contributed by atoms with E-state index in [0.29, 0.717) is 10.8 Å². The Morgan fingerprint density at radius 1 is 1.14 bits per heavy atom. The molecule has 72 valence electrons. The summed E-state index contributed by atoms with van der Waals surface area (Å²) in [5.74, 6) is 1.03. The van der Waals surface area contributed by atoms with E-state index in [2.05, 4.69) is 19.5 Å². The maximum absolute atomic E-state index is 5.99. The van der Waals surface area contributed by atoms with Crippen LogP contribution in [0.4, 0.5) is 0 Å². The number of imidazole rings is 1. The molecule has 0 fully saturated rings. The highest BCUT2D eigenvalue weighted by atomic mass is 35.5. The van der Waals surface area contributed by atoms with Gasteiger partial charge in [-0.1, -0.05) is 11.6 Å². The highest BCUT2D eigenvalue weighted by Crippen LogP contribution is 2.27. The molecule has 0 bridgehead atoms. The molecule has 0 aromatic carbocycles. The van der Waals surface area contributed by atoms with Crippen molar-refractivity contribution < 1.29 is 0 Å². The number of fused-ring (bicyclic) bond motifs is 3. The van der Waals surface area contributed by atoms with Crippen LogP contribution in [0.15, 0.2) is 0 Å². The maximum atomic E-state index is 5.99. The highest BCUT2D eigenvalue weighted by molar-refractivity contribution is 6.35. The summed E-state index contributed by atoms with van der Waals surface area (Å²) in [6.07, 6.45) is 2.08.